The normalized spacial score (nSPS) is 11.0. The number of anilines is 1. The van der Waals surface area contributed by atoms with Gasteiger partial charge in [-0.1, -0.05) is 11.8 Å². The number of carbonyl (C=O) groups is 1. The number of thioether (sulfide) groups is 1. The summed E-state index contributed by atoms with van der Waals surface area (Å²) in [5.74, 6) is -1.53. The van der Waals surface area contributed by atoms with Crippen molar-refractivity contribution >= 4 is 29.0 Å². The third-order valence-electron chi connectivity index (χ3n) is 4.40. The Morgan fingerprint density at radius 1 is 1.12 bits per heavy atom. The molecule has 1 amide bonds. The number of halogens is 2. The molecule has 0 aliphatic rings. The molecule has 2 heterocycles. The van der Waals surface area contributed by atoms with Crippen LogP contribution in [0.1, 0.15) is 6.92 Å². The van der Waals surface area contributed by atoms with Crippen molar-refractivity contribution in [3.8, 4) is 11.4 Å². The predicted octanol–water partition coefficient (Wildman–Crippen LogP) is 3.29. The summed E-state index contributed by atoms with van der Waals surface area (Å²) in [6, 6.07) is 9.93. The maximum absolute atomic E-state index is 13.7. The second-order valence-electron chi connectivity index (χ2n) is 6.54. The number of carbonyl (C=O) groups excluding carboxylic acids is 1. The summed E-state index contributed by atoms with van der Waals surface area (Å²) in [6.45, 7) is 2.43. The van der Waals surface area contributed by atoms with E-state index in [1.54, 1.807) is 36.7 Å². The maximum Gasteiger partial charge on any atom is 0.300 e. The molecule has 1 N–H and O–H groups in total. The largest absolute Gasteiger partial charge is 0.494 e. The number of nitrogens with zero attached hydrogens (tertiary/aromatic N) is 4. The predicted molar refractivity (Wildman–Crippen MR) is 115 cm³/mol. The first-order chi connectivity index (χ1) is 15.5. The molecule has 2 aromatic carbocycles. The number of rotatable bonds is 7. The average Bonchev–Trinajstić information content (AvgIpc) is 3.19. The monoisotopic (exact) mass is 457 g/mol. The lowest BCUT2D eigenvalue weighted by Crippen LogP contribution is -2.20. The Kier molecular flexibility index (Phi) is 6.17. The van der Waals surface area contributed by atoms with E-state index in [0.29, 0.717) is 29.3 Å². The van der Waals surface area contributed by atoms with E-state index in [4.69, 9.17) is 4.74 Å². The third kappa shape index (κ3) is 4.47. The zero-order chi connectivity index (χ0) is 22.7. The smallest absolute Gasteiger partial charge is 0.300 e. The highest BCUT2D eigenvalue weighted by Crippen LogP contribution is 2.19. The molecule has 164 valence electrons. The summed E-state index contributed by atoms with van der Waals surface area (Å²) in [6.07, 6.45) is 3.19. The lowest BCUT2D eigenvalue weighted by molar-refractivity contribution is -0.113. The van der Waals surface area contributed by atoms with Crippen LogP contribution in [0.25, 0.3) is 11.3 Å². The molecule has 8 nitrogen and oxygen atoms in total. The topological polar surface area (TPSA) is 90.5 Å². The summed E-state index contributed by atoms with van der Waals surface area (Å²) in [7, 11) is 0. The zero-order valence-electron chi connectivity index (χ0n) is 16.8. The van der Waals surface area contributed by atoms with E-state index in [-0.39, 0.29) is 22.6 Å². The van der Waals surface area contributed by atoms with Gasteiger partial charge in [0.1, 0.15) is 17.4 Å². The van der Waals surface area contributed by atoms with Crippen molar-refractivity contribution in [1.82, 2.24) is 19.2 Å². The summed E-state index contributed by atoms with van der Waals surface area (Å²) in [4.78, 5) is 25.0. The zero-order valence-corrected chi connectivity index (χ0v) is 17.6. The molecule has 2 aromatic heterocycles. The van der Waals surface area contributed by atoms with Crippen LogP contribution in [0.4, 0.5) is 14.5 Å². The Morgan fingerprint density at radius 3 is 2.62 bits per heavy atom. The number of nitrogens with one attached hydrogen (secondary N) is 1. The van der Waals surface area contributed by atoms with Gasteiger partial charge in [0.05, 0.1) is 18.0 Å². The molecule has 0 atom stereocenters. The summed E-state index contributed by atoms with van der Waals surface area (Å²) in [5, 5.41) is 10.6. The molecule has 0 aliphatic carbocycles. The van der Waals surface area contributed by atoms with Crippen LogP contribution in [-0.4, -0.2) is 37.4 Å². The van der Waals surface area contributed by atoms with E-state index >= 15 is 0 Å². The van der Waals surface area contributed by atoms with Crippen LogP contribution in [0.15, 0.2) is 64.8 Å². The van der Waals surface area contributed by atoms with Gasteiger partial charge in [-0.25, -0.2) is 8.78 Å². The average molecular weight is 457 g/mol. The number of hydrogen-bond donors (Lipinski definition) is 1. The van der Waals surface area contributed by atoms with Crippen LogP contribution in [0.2, 0.25) is 0 Å². The van der Waals surface area contributed by atoms with Crippen molar-refractivity contribution in [1.29, 1.82) is 0 Å². The quantitative estimate of drug-likeness (QED) is 0.429. The van der Waals surface area contributed by atoms with Crippen LogP contribution in [0.3, 0.4) is 0 Å². The minimum absolute atomic E-state index is 0.0915. The number of fused-ring (bicyclic) bond motifs is 1. The first kappa shape index (κ1) is 21.5. The highest BCUT2D eigenvalue weighted by atomic mass is 32.2. The molecule has 0 fully saturated rings. The van der Waals surface area contributed by atoms with E-state index in [9.17, 15) is 18.4 Å². The van der Waals surface area contributed by atoms with E-state index in [0.717, 1.165) is 23.9 Å². The SMILES string of the molecule is CCOc1ccc(-n2ccn3c(SCC(=O)Nc4ccc(F)cc4F)nnc3c2=O)cc1. The van der Waals surface area contributed by atoms with Gasteiger partial charge in [-0.15, -0.1) is 10.2 Å². The molecular formula is C21H17F2N5O3S. The van der Waals surface area contributed by atoms with Crippen molar-refractivity contribution in [3.05, 3.63) is 76.8 Å². The Labute approximate surface area is 184 Å². The lowest BCUT2D eigenvalue weighted by Gasteiger charge is -2.08. The standard InChI is InChI=1S/C21H17F2N5O3S/c1-2-31-15-6-4-14(5-7-15)27-9-10-28-19(20(27)30)25-26-21(28)32-12-18(29)24-17-8-3-13(22)11-16(17)23/h3-11H,2,12H2,1H3,(H,24,29). The minimum Gasteiger partial charge on any atom is -0.494 e. The Balaban J connectivity index is 1.49. The fourth-order valence-corrected chi connectivity index (χ4v) is 3.66. The summed E-state index contributed by atoms with van der Waals surface area (Å²) >= 11 is 1.03. The number of aromatic nitrogens is 4. The van der Waals surface area contributed by atoms with Crippen LogP contribution >= 0.6 is 11.8 Å². The number of hydrogen-bond acceptors (Lipinski definition) is 6. The van der Waals surface area contributed by atoms with Crippen LogP contribution < -0.4 is 15.6 Å². The molecule has 11 heteroatoms. The van der Waals surface area contributed by atoms with Gasteiger partial charge in [-0.05, 0) is 43.3 Å². The lowest BCUT2D eigenvalue weighted by atomic mass is 10.3. The molecule has 4 rings (SSSR count). The van der Waals surface area contributed by atoms with Gasteiger partial charge < -0.3 is 10.1 Å². The Bertz CT molecular complexity index is 1340. The Morgan fingerprint density at radius 2 is 1.91 bits per heavy atom. The summed E-state index contributed by atoms with van der Waals surface area (Å²) in [5.41, 5.74) is 0.225. The molecule has 0 saturated carbocycles. The first-order valence-corrected chi connectivity index (χ1v) is 10.5. The molecule has 32 heavy (non-hydrogen) atoms. The number of amides is 1. The minimum atomic E-state index is -0.869. The van der Waals surface area contributed by atoms with Gasteiger partial charge in [0.2, 0.25) is 11.6 Å². The fourth-order valence-electron chi connectivity index (χ4n) is 2.94. The Hall–Kier alpha value is -3.73. The van der Waals surface area contributed by atoms with Gasteiger partial charge in [-0.3, -0.25) is 18.6 Å². The first-order valence-electron chi connectivity index (χ1n) is 9.53. The maximum atomic E-state index is 13.7. The molecule has 0 saturated heterocycles. The van der Waals surface area contributed by atoms with E-state index in [1.807, 2.05) is 6.92 Å². The number of ether oxygens (including phenoxy) is 1. The van der Waals surface area contributed by atoms with Gasteiger partial charge in [0.25, 0.3) is 0 Å². The van der Waals surface area contributed by atoms with Crippen molar-refractivity contribution in [2.24, 2.45) is 0 Å². The van der Waals surface area contributed by atoms with Crippen molar-refractivity contribution in [2.75, 3.05) is 17.7 Å². The van der Waals surface area contributed by atoms with Gasteiger partial charge in [-0.2, -0.15) is 0 Å². The molecule has 0 unspecified atom stereocenters. The van der Waals surface area contributed by atoms with Gasteiger partial charge >= 0.3 is 5.56 Å². The van der Waals surface area contributed by atoms with Crippen LogP contribution in [-0.2, 0) is 4.79 Å². The van der Waals surface area contributed by atoms with Crippen molar-refractivity contribution in [3.63, 3.8) is 0 Å². The second-order valence-corrected chi connectivity index (χ2v) is 7.48. The van der Waals surface area contributed by atoms with Crippen molar-refractivity contribution in [2.45, 2.75) is 12.1 Å². The second kappa shape index (κ2) is 9.18. The summed E-state index contributed by atoms with van der Waals surface area (Å²) < 4.78 is 35.0. The van der Waals surface area contributed by atoms with Crippen LogP contribution in [0.5, 0.6) is 5.75 Å². The van der Waals surface area contributed by atoms with E-state index < -0.39 is 17.5 Å². The fraction of sp³-hybridized carbons (Fsp3) is 0.143. The number of benzene rings is 2. The molecule has 0 spiro atoms. The van der Waals surface area contributed by atoms with Gasteiger partial charge in [0, 0.05) is 24.1 Å². The van der Waals surface area contributed by atoms with E-state index in [2.05, 4.69) is 15.5 Å². The van der Waals surface area contributed by atoms with Crippen LogP contribution in [0, 0.1) is 11.6 Å². The highest BCUT2D eigenvalue weighted by Gasteiger charge is 2.14. The highest BCUT2D eigenvalue weighted by molar-refractivity contribution is 7.99. The third-order valence-corrected chi connectivity index (χ3v) is 5.35. The molecule has 4 aromatic rings. The van der Waals surface area contributed by atoms with Crippen molar-refractivity contribution < 1.29 is 18.3 Å². The van der Waals surface area contributed by atoms with E-state index in [1.165, 1.54) is 8.97 Å². The molecule has 0 radical (unpaired) electrons. The molecular weight excluding hydrogens is 440 g/mol. The molecule has 0 bridgehead atoms. The molecule has 0 aliphatic heterocycles. The van der Waals surface area contributed by atoms with Gasteiger partial charge in [0.15, 0.2) is 5.16 Å².